The van der Waals surface area contributed by atoms with Gasteiger partial charge in [0.15, 0.2) is 6.10 Å². The first-order chi connectivity index (χ1) is 33.0. The zero-order chi connectivity index (χ0) is 48.6. The van der Waals surface area contributed by atoms with Crippen LogP contribution in [0.3, 0.4) is 0 Å². The number of esters is 3. The summed E-state index contributed by atoms with van der Waals surface area (Å²) in [5.41, 5.74) is 0. The largest absolute Gasteiger partial charge is 0.462 e. The first-order valence-electron chi connectivity index (χ1n) is 29.5. The van der Waals surface area contributed by atoms with E-state index in [1.807, 2.05) is 0 Å². The third-order valence-corrected chi connectivity index (χ3v) is 13.1. The highest BCUT2D eigenvalue weighted by Crippen LogP contribution is 2.17. The molecule has 6 nitrogen and oxygen atoms in total. The molecule has 0 fully saturated rings. The number of allylic oxidation sites excluding steroid dienone is 6. The molecule has 0 aliphatic rings. The van der Waals surface area contributed by atoms with Crippen LogP contribution >= 0.6 is 0 Å². The van der Waals surface area contributed by atoms with Crippen LogP contribution in [-0.4, -0.2) is 37.2 Å². The Morgan fingerprint density at radius 3 is 0.881 bits per heavy atom. The van der Waals surface area contributed by atoms with Gasteiger partial charge in [0.2, 0.25) is 0 Å². The van der Waals surface area contributed by atoms with Crippen molar-refractivity contribution in [2.24, 2.45) is 0 Å². The van der Waals surface area contributed by atoms with E-state index in [0.717, 1.165) is 83.5 Å². The number of carbonyl (C=O) groups is 3. The van der Waals surface area contributed by atoms with E-state index in [0.29, 0.717) is 19.3 Å². The Bertz CT molecular complexity index is 1130. The fourth-order valence-corrected chi connectivity index (χ4v) is 8.65. The number of hydrogen-bond donors (Lipinski definition) is 0. The maximum atomic E-state index is 12.8. The van der Waals surface area contributed by atoms with Gasteiger partial charge in [-0.1, -0.05) is 256 Å². The average molecular weight is 942 g/mol. The molecule has 0 aliphatic heterocycles. The molecule has 0 aromatic carbocycles. The SMILES string of the molecule is CCCCC/C=C/C/C=C/CCCCCCCC(=O)O[C@H](COC(=O)CCCCCCCCC/C=C/CCCCCC)COC(=O)CCCCCCCCCCCCCCCCCCCCC. The lowest BCUT2D eigenvalue weighted by Gasteiger charge is -2.18. The van der Waals surface area contributed by atoms with E-state index in [4.69, 9.17) is 14.2 Å². The Hall–Kier alpha value is -2.37. The molecule has 0 aromatic heterocycles. The maximum absolute atomic E-state index is 12.8. The van der Waals surface area contributed by atoms with E-state index >= 15 is 0 Å². The Morgan fingerprint density at radius 1 is 0.299 bits per heavy atom. The lowest BCUT2D eigenvalue weighted by molar-refractivity contribution is -0.167. The van der Waals surface area contributed by atoms with Crippen LogP contribution in [0, 0.1) is 0 Å². The van der Waals surface area contributed by atoms with Crippen LogP contribution in [0.15, 0.2) is 36.5 Å². The maximum Gasteiger partial charge on any atom is 0.306 e. The van der Waals surface area contributed by atoms with Crippen LogP contribution in [-0.2, 0) is 28.6 Å². The zero-order valence-corrected chi connectivity index (χ0v) is 44.9. The van der Waals surface area contributed by atoms with Crippen LogP contribution in [0.5, 0.6) is 0 Å². The smallest absolute Gasteiger partial charge is 0.306 e. The molecule has 0 N–H and O–H groups in total. The monoisotopic (exact) mass is 941 g/mol. The van der Waals surface area contributed by atoms with Gasteiger partial charge in [0.25, 0.3) is 0 Å². The predicted molar refractivity (Wildman–Crippen MR) is 289 cm³/mol. The zero-order valence-electron chi connectivity index (χ0n) is 44.9. The van der Waals surface area contributed by atoms with E-state index < -0.39 is 6.10 Å². The van der Waals surface area contributed by atoms with Gasteiger partial charge in [-0.2, -0.15) is 0 Å². The Balaban J connectivity index is 4.34. The van der Waals surface area contributed by atoms with E-state index in [2.05, 4.69) is 57.2 Å². The molecule has 0 heterocycles. The summed E-state index contributed by atoms with van der Waals surface area (Å²) in [7, 11) is 0. The fourth-order valence-electron chi connectivity index (χ4n) is 8.65. The summed E-state index contributed by atoms with van der Waals surface area (Å²) >= 11 is 0. The van der Waals surface area contributed by atoms with E-state index in [9.17, 15) is 14.4 Å². The molecule has 0 saturated heterocycles. The van der Waals surface area contributed by atoms with E-state index in [-0.39, 0.29) is 31.1 Å². The number of carbonyl (C=O) groups excluding carboxylic acids is 3. The first kappa shape index (κ1) is 64.6. The second kappa shape index (κ2) is 56.2. The minimum atomic E-state index is -0.778. The van der Waals surface area contributed by atoms with E-state index in [1.54, 1.807) is 0 Å². The van der Waals surface area contributed by atoms with Gasteiger partial charge in [0, 0.05) is 19.3 Å². The fraction of sp³-hybridized carbons (Fsp3) is 0.852. The topological polar surface area (TPSA) is 78.9 Å². The highest BCUT2D eigenvalue weighted by atomic mass is 16.6. The number of unbranched alkanes of at least 4 members (excludes halogenated alkanes) is 37. The third-order valence-electron chi connectivity index (χ3n) is 13.1. The summed E-state index contributed by atoms with van der Waals surface area (Å²) in [6, 6.07) is 0. The van der Waals surface area contributed by atoms with Gasteiger partial charge in [-0.05, 0) is 77.0 Å². The number of ether oxygens (including phenoxy) is 3. The van der Waals surface area contributed by atoms with Crippen LogP contribution in [0.25, 0.3) is 0 Å². The third kappa shape index (κ3) is 54.4. The van der Waals surface area contributed by atoms with Crippen molar-refractivity contribution < 1.29 is 28.6 Å². The number of rotatable bonds is 54. The quantitative estimate of drug-likeness (QED) is 0.0262. The lowest BCUT2D eigenvalue weighted by Crippen LogP contribution is -2.30. The molecular formula is C61H112O6. The molecule has 0 aliphatic carbocycles. The Morgan fingerprint density at radius 2 is 0.537 bits per heavy atom. The minimum absolute atomic E-state index is 0.0755. The van der Waals surface area contributed by atoms with Gasteiger partial charge in [-0.25, -0.2) is 0 Å². The minimum Gasteiger partial charge on any atom is -0.462 e. The predicted octanol–water partition coefficient (Wildman–Crippen LogP) is 19.7. The Kier molecular flexibility index (Phi) is 54.2. The van der Waals surface area contributed by atoms with Crippen LogP contribution < -0.4 is 0 Å². The van der Waals surface area contributed by atoms with Crippen LogP contribution in [0.1, 0.15) is 316 Å². The second-order valence-corrected chi connectivity index (χ2v) is 19.9. The Labute approximate surface area is 416 Å². The van der Waals surface area contributed by atoms with Crippen molar-refractivity contribution in [3.63, 3.8) is 0 Å². The summed E-state index contributed by atoms with van der Waals surface area (Å²) in [5.74, 6) is -0.876. The molecule has 0 radical (unpaired) electrons. The summed E-state index contributed by atoms with van der Waals surface area (Å²) in [4.78, 5) is 38.2. The summed E-state index contributed by atoms with van der Waals surface area (Å²) in [5, 5.41) is 0. The second-order valence-electron chi connectivity index (χ2n) is 19.9. The molecule has 6 heteroatoms. The number of hydrogen-bond acceptors (Lipinski definition) is 6. The molecule has 67 heavy (non-hydrogen) atoms. The first-order valence-corrected chi connectivity index (χ1v) is 29.5. The summed E-state index contributed by atoms with van der Waals surface area (Å²) < 4.78 is 16.9. The van der Waals surface area contributed by atoms with Crippen molar-refractivity contribution in [3.8, 4) is 0 Å². The van der Waals surface area contributed by atoms with Gasteiger partial charge in [-0.15, -0.1) is 0 Å². The molecule has 392 valence electrons. The molecule has 0 spiro atoms. The van der Waals surface area contributed by atoms with Crippen molar-refractivity contribution >= 4 is 17.9 Å². The highest BCUT2D eigenvalue weighted by molar-refractivity contribution is 5.71. The van der Waals surface area contributed by atoms with E-state index in [1.165, 1.54) is 193 Å². The van der Waals surface area contributed by atoms with Crippen molar-refractivity contribution in [1.82, 2.24) is 0 Å². The van der Waals surface area contributed by atoms with Gasteiger partial charge < -0.3 is 14.2 Å². The molecule has 0 aromatic rings. The average Bonchev–Trinajstić information content (AvgIpc) is 3.33. The van der Waals surface area contributed by atoms with Crippen molar-refractivity contribution in [1.29, 1.82) is 0 Å². The molecule has 0 amide bonds. The lowest BCUT2D eigenvalue weighted by atomic mass is 10.0. The highest BCUT2D eigenvalue weighted by Gasteiger charge is 2.19. The molecule has 0 unspecified atom stereocenters. The van der Waals surface area contributed by atoms with Gasteiger partial charge in [0.1, 0.15) is 13.2 Å². The van der Waals surface area contributed by atoms with Crippen LogP contribution in [0.4, 0.5) is 0 Å². The molecule has 0 rings (SSSR count). The van der Waals surface area contributed by atoms with Crippen molar-refractivity contribution in [2.75, 3.05) is 13.2 Å². The standard InChI is InChI=1S/C61H112O6/c1-4-7-10-13-16-19-22-25-28-29-30-31-34-36-39-42-45-48-51-54-60(63)66-57-58(67-61(64)55-52-49-46-43-40-37-33-27-24-21-18-15-12-9-6-3)56-65-59(62)53-50-47-44-41-38-35-32-26-23-20-17-14-11-8-5-2/h18,20-21,23,27,33,58H,4-17,19,22,24-26,28-32,34-57H2,1-3H3/b21-18+,23-20+,33-27+/t58-/m1/s1. The van der Waals surface area contributed by atoms with Gasteiger partial charge >= 0.3 is 17.9 Å². The molecule has 0 bridgehead atoms. The molecular weight excluding hydrogens is 829 g/mol. The normalized spacial score (nSPS) is 12.2. The van der Waals surface area contributed by atoms with Crippen LogP contribution in [0.2, 0.25) is 0 Å². The van der Waals surface area contributed by atoms with Gasteiger partial charge in [-0.3, -0.25) is 14.4 Å². The molecule has 1 atom stereocenters. The van der Waals surface area contributed by atoms with Crippen molar-refractivity contribution in [2.45, 2.75) is 322 Å². The van der Waals surface area contributed by atoms with Gasteiger partial charge in [0.05, 0.1) is 0 Å². The summed E-state index contributed by atoms with van der Waals surface area (Å²) in [6.07, 6.45) is 67.0. The molecule has 0 saturated carbocycles. The van der Waals surface area contributed by atoms with Crippen molar-refractivity contribution in [3.05, 3.63) is 36.5 Å². The summed E-state index contributed by atoms with van der Waals surface area (Å²) in [6.45, 7) is 6.63.